The molecule has 7 nitrogen and oxygen atoms in total. The minimum Gasteiger partial charge on any atom is -0.497 e. The minimum atomic E-state index is -1.03. The van der Waals surface area contributed by atoms with E-state index in [-0.39, 0.29) is 5.56 Å². The maximum Gasteiger partial charge on any atom is 0.339 e. The molecule has 0 saturated carbocycles. The van der Waals surface area contributed by atoms with E-state index >= 15 is 0 Å². The number of amides is 1. The lowest BCUT2D eigenvalue weighted by atomic mass is 10.2. The van der Waals surface area contributed by atoms with Gasteiger partial charge in [-0.3, -0.25) is 4.79 Å². The molecule has 1 amide bonds. The van der Waals surface area contributed by atoms with Gasteiger partial charge < -0.3 is 24.3 Å². The Labute approximate surface area is 186 Å². The van der Waals surface area contributed by atoms with Gasteiger partial charge in [0.2, 0.25) is 0 Å². The summed E-state index contributed by atoms with van der Waals surface area (Å²) in [4.78, 5) is 25.1. The van der Waals surface area contributed by atoms with Crippen LogP contribution in [-0.2, 0) is 16.1 Å². The van der Waals surface area contributed by atoms with E-state index in [4.69, 9.17) is 18.9 Å². The molecule has 3 aromatic carbocycles. The van der Waals surface area contributed by atoms with E-state index in [9.17, 15) is 9.59 Å². The fourth-order valence-corrected chi connectivity index (χ4v) is 2.88. The molecule has 7 heteroatoms. The minimum absolute atomic E-state index is 0.286. The molecule has 0 aromatic heterocycles. The van der Waals surface area contributed by atoms with Crippen LogP contribution in [0.1, 0.15) is 22.8 Å². The molecule has 0 aliphatic heterocycles. The average Bonchev–Trinajstić information content (AvgIpc) is 2.83. The number of esters is 1. The number of carbonyl (C=O) groups excluding carboxylic acids is 2. The van der Waals surface area contributed by atoms with E-state index in [1.165, 1.54) is 21.1 Å². The predicted molar refractivity (Wildman–Crippen MR) is 120 cm³/mol. The number of hydrogen-bond donors (Lipinski definition) is 1. The second-order valence-corrected chi connectivity index (χ2v) is 6.91. The fourth-order valence-electron chi connectivity index (χ4n) is 2.88. The van der Waals surface area contributed by atoms with Gasteiger partial charge in [-0.05, 0) is 42.8 Å². The number of nitrogens with one attached hydrogen (secondary N) is 1. The SMILES string of the molecule is COc1ccc(OC)c(NC(=O)C(C)OC(=O)c2cccc(OCc3ccccc3)c2)c1. The summed E-state index contributed by atoms with van der Waals surface area (Å²) >= 11 is 0. The predicted octanol–water partition coefficient (Wildman–Crippen LogP) is 4.47. The third kappa shape index (κ3) is 6.01. The zero-order chi connectivity index (χ0) is 22.9. The van der Waals surface area contributed by atoms with Crippen molar-refractivity contribution < 1.29 is 28.5 Å². The summed E-state index contributed by atoms with van der Waals surface area (Å²) in [6.45, 7) is 1.87. The van der Waals surface area contributed by atoms with Crippen LogP contribution >= 0.6 is 0 Å². The summed E-state index contributed by atoms with van der Waals surface area (Å²) < 4.78 is 21.5. The van der Waals surface area contributed by atoms with Gasteiger partial charge in [-0.15, -0.1) is 0 Å². The normalized spacial score (nSPS) is 11.2. The van der Waals surface area contributed by atoms with Crippen molar-refractivity contribution in [2.75, 3.05) is 19.5 Å². The first-order valence-corrected chi connectivity index (χ1v) is 10.0. The van der Waals surface area contributed by atoms with E-state index in [1.54, 1.807) is 42.5 Å². The van der Waals surface area contributed by atoms with E-state index in [2.05, 4.69) is 5.32 Å². The fraction of sp³-hybridized carbons (Fsp3) is 0.200. The van der Waals surface area contributed by atoms with E-state index < -0.39 is 18.0 Å². The van der Waals surface area contributed by atoms with Gasteiger partial charge in [0.1, 0.15) is 23.9 Å². The molecule has 0 aliphatic carbocycles. The number of methoxy groups -OCH3 is 2. The Morgan fingerprint density at radius 1 is 0.875 bits per heavy atom. The molecule has 0 bridgehead atoms. The van der Waals surface area contributed by atoms with Gasteiger partial charge in [-0.2, -0.15) is 0 Å². The molecule has 0 fully saturated rings. The molecule has 0 radical (unpaired) electrons. The maximum atomic E-state index is 12.6. The largest absolute Gasteiger partial charge is 0.497 e. The molecule has 166 valence electrons. The quantitative estimate of drug-likeness (QED) is 0.500. The Kier molecular flexibility index (Phi) is 7.70. The van der Waals surface area contributed by atoms with Crippen LogP contribution in [0.5, 0.6) is 17.2 Å². The Hall–Kier alpha value is -4.00. The number of anilines is 1. The molecule has 1 N–H and O–H groups in total. The van der Waals surface area contributed by atoms with Crippen molar-refractivity contribution in [1.29, 1.82) is 0 Å². The van der Waals surface area contributed by atoms with E-state index in [0.29, 0.717) is 29.5 Å². The van der Waals surface area contributed by atoms with Crippen molar-refractivity contribution in [3.63, 3.8) is 0 Å². The van der Waals surface area contributed by atoms with Crippen molar-refractivity contribution in [2.45, 2.75) is 19.6 Å². The molecule has 0 heterocycles. The highest BCUT2D eigenvalue weighted by molar-refractivity contribution is 5.98. The number of hydrogen-bond acceptors (Lipinski definition) is 6. The van der Waals surface area contributed by atoms with Crippen LogP contribution in [0.15, 0.2) is 72.8 Å². The smallest absolute Gasteiger partial charge is 0.339 e. The van der Waals surface area contributed by atoms with Crippen molar-refractivity contribution in [1.82, 2.24) is 0 Å². The third-order valence-electron chi connectivity index (χ3n) is 4.64. The van der Waals surface area contributed by atoms with Crippen LogP contribution in [0.4, 0.5) is 5.69 Å². The van der Waals surface area contributed by atoms with Gasteiger partial charge in [0.05, 0.1) is 25.5 Å². The first-order chi connectivity index (χ1) is 15.5. The molecular weight excluding hydrogens is 410 g/mol. The Morgan fingerprint density at radius 2 is 1.66 bits per heavy atom. The van der Waals surface area contributed by atoms with Crippen LogP contribution < -0.4 is 19.5 Å². The molecule has 3 aromatic rings. The molecule has 0 aliphatic rings. The topological polar surface area (TPSA) is 83.1 Å². The molecular formula is C25H25NO6. The molecule has 32 heavy (non-hydrogen) atoms. The van der Waals surface area contributed by atoms with Crippen LogP contribution in [0.25, 0.3) is 0 Å². The molecule has 1 unspecified atom stereocenters. The van der Waals surface area contributed by atoms with Gasteiger partial charge in [-0.25, -0.2) is 4.79 Å². The lowest BCUT2D eigenvalue weighted by Crippen LogP contribution is -2.30. The average molecular weight is 435 g/mol. The third-order valence-corrected chi connectivity index (χ3v) is 4.64. The Morgan fingerprint density at radius 3 is 2.38 bits per heavy atom. The molecule has 3 rings (SSSR count). The summed E-state index contributed by atoms with van der Waals surface area (Å²) in [7, 11) is 3.02. The highest BCUT2D eigenvalue weighted by atomic mass is 16.5. The van der Waals surface area contributed by atoms with Gasteiger partial charge in [0.25, 0.3) is 5.91 Å². The zero-order valence-corrected chi connectivity index (χ0v) is 18.2. The van der Waals surface area contributed by atoms with Gasteiger partial charge in [0, 0.05) is 6.07 Å². The van der Waals surface area contributed by atoms with Crippen molar-refractivity contribution in [3.05, 3.63) is 83.9 Å². The van der Waals surface area contributed by atoms with E-state index in [1.807, 2.05) is 30.3 Å². The summed E-state index contributed by atoms with van der Waals surface area (Å²) in [6, 6.07) is 21.4. The van der Waals surface area contributed by atoms with Crippen molar-refractivity contribution in [3.8, 4) is 17.2 Å². The number of ether oxygens (including phenoxy) is 4. The lowest BCUT2D eigenvalue weighted by molar-refractivity contribution is -0.123. The second-order valence-electron chi connectivity index (χ2n) is 6.91. The lowest BCUT2D eigenvalue weighted by Gasteiger charge is -2.16. The molecule has 1 atom stereocenters. The number of rotatable bonds is 9. The summed E-state index contributed by atoms with van der Waals surface area (Å²) in [5, 5.41) is 2.70. The summed E-state index contributed by atoms with van der Waals surface area (Å²) in [5.41, 5.74) is 1.71. The Balaban J connectivity index is 1.61. The highest BCUT2D eigenvalue weighted by Crippen LogP contribution is 2.29. The second kappa shape index (κ2) is 10.9. The molecule has 0 saturated heterocycles. The van der Waals surface area contributed by atoms with Crippen molar-refractivity contribution in [2.24, 2.45) is 0 Å². The Bertz CT molecular complexity index is 1070. The first kappa shape index (κ1) is 22.7. The zero-order valence-electron chi connectivity index (χ0n) is 18.2. The number of benzene rings is 3. The number of carbonyl (C=O) groups is 2. The van der Waals surface area contributed by atoms with Crippen LogP contribution in [0.2, 0.25) is 0 Å². The monoisotopic (exact) mass is 435 g/mol. The van der Waals surface area contributed by atoms with Crippen LogP contribution in [0, 0.1) is 0 Å². The van der Waals surface area contributed by atoms with Crippen molar-refractivity contribution >= 4 is 17.6 Å². The van der Waals surface area contributed by atoms with Crippen LogP contribution in [-0.4, -0.2) is 32.2 Å². The van der Waals surface area contributed by atoms with Gasteiger partial charge >= 0.3 is 5.97 Å². The van der Waals surface area contributed by atoms with E-state index in [0.717, 1.165) is 5.56 Å². The maximum absolute atomic E-state index is 12.6. The standard InChI is InChI=1S/C25H25NO6/c1-17(24(27)26-22-15-20(29-2)12-13-23(22)30-3)32-25(28)19-10-7-11-21(14-19)31-16-18-8-5-4-6-9-18/h4-15,17H,16H2,1-3H3,(H,26,27). The van der Waals surface area contributed by atoms with Gasteiger partial charge in [0.15, 0.2) is 6.10 Å². The summed E-state index contributed by atoms with van der Waals surface area (Å²) in [5.74, 6) is 0.414. The molecule has 0 spiro atoms. The highest BCUT2D eigenvalue weighted by Gasteiger charge is 2.21. The van der Waals surface area contributed by atoms with Crippen LogP contribution in [0.3, 0.4) is 0 Å². The van der Waals surface area contributed by atoms with Gasteiger partial charge in [-0.1, -0.05) is 36.4 Å². The first-order valence-electron chi connectivity index (χ1n) is 10.0. The summed E-state index contributed by atoms with van der Waals surface area (Å²) in [6.07, 6.45) is -1.03.